The zero-order valence-corrected chi connectivity index (χ0v) is 22.2. The molecule has 5 aliphatic rings. The Morgan fingerprint density at radius 1 is 1.03 bits per heavy atom. The predicted octanol–water partition coefficient (Wildman–Crippen LogP) is 3.53. The number of hydrogen-bond acceptors (Lipinski definition) is 7. The van der Waals surface area contributed by atoms with Crippen molar-refractivity contribution in [2.24, 2.45) is 28.4 Å². The molecule has 1 aliphatic heterocycles. The van der Waals surface area contributed by atoms with Crippen molar-refractivity contribution in [2.45, 2.75) is 107 Å². The zero-order valence-electron chi connectivity index (χ0n) is 22.2. The highest BCUT2D eigenvalue weighted by molar-refractivity contribution is 5.68. The molecule has 0 aromatic carbocycles. The minimum Gasteiger partial charge on any atom is -0.446 e. The molecule has 8 heteroatoms. The van der Waals surface area contributed by atoms with Gasteiger partial charge in [0.2, 0.25) is 0 Å². The first-order valence-corrected chi connectivity index (χ1v) is 14.2. The summed E-state index contributed by atoms with van der Waals surface area (Å²) in [7, 11) is 0. The van der Waals surface area contributed by atoms with Crippen LogP contribution in [0.4, 0.5) is 4.79 Å². The van der Waals surface area contributed by atoms with Crippen LogP contribution in [0.5, 0.6) is 0 Å². The van der Waals surface area contributed by atoms with E-state index in [-0.39, 0.29) is 52.4 Å². The molecule has 6 rings (SSSR count). The van der Waals surface area contributed by atoms with Crippen molar-refractivity contribution < 1.29 is 24.2 Å². The van der Waals surface area contributed by atoms with Crippen LogP contribution >= 0.6 is 0 Å². The van der Waals surface area contributed by atoms with E-state index in [0.29, 0.717) is 25.9 Å². The fourth-order valence-corrected chi connectivity index (χ4v) is 9.55. The second kappa shape index (κ2) is 8.55. The number of amides is 1. The van der Waals surface area contributed by atoms with Gasteiger partial charge in [-0.2, -0.15) is 0 Å². The summed E-state index contributed by atoms with van der Waals surface area (Å²) in [6.45, 7) is 5.60. The van der Waals surface area contributed by atoms with Gasteiger partial charge in [-0.3, -0.25) is 0 Å². The largest absolute Gasteiger partial charge is 0.446 e. The van der Waals surface area contributed by atoms with E-state index in [1.54, 1.807) is 11.2 Å². The van der Waals surface area contributed by atoms with Gasteiger partial charge in [0.15, 0.2) is 0 Å². The molecule has 0 bridgehead atoms. The number of nitrogens with two attached hydrogens (primary N) is 1. The van der Waals surface area contributed by atoms with E-state index in [1.165, 1.54) is 6.07 Å². The van der Waals surface area contributed by atoms with Crippen molar-refractivity contribution in [3.8, 4) is 0 Å². The Bertz CT molecular complexity index is 1100. The van der Waals surface area contributed by atoms with Crippen LogP contribution in [0.25, 0.3) is 0 Å². The maximum absolute atomic E-state index is 12.7. The molecule has 1 saturated heterocycles. The highest BCUT2D eigenvalue weighted by Gasteiger charge is 2.70. The molecule has 1 aromatic heterocycles. The molecule has 4 saturated carbocycles. The third kappa shape index (κ3) is 3.65. The molecule has 0 unspecified atom stereocenters. The van der Waals surface area contributed by atoms with Gasteiger partial charge >= 0.3 is 11.7 Å². The van der Waals surface area contributed by atoms with Gasteiger partial charge in [-0.15, -0.1) is 0 Å². The predicted molar refractivity (Wildman–Crippen MR) is 137 cm³/mol. The third-order valence-electron chi connectivity index (χ3n) is 11.8. The first-order valence-electron chi connectivity index (χ1n) is 14.2. The Kier molecular flexibility index (Phi) is 5.87. The molecule has 37 heavy (non-hydrogen) atoms. The Hall–Kier alpha value is -1.90. The van der Waals surface area contributed by atoms with Gasteiger partial charge in [-0.05, 0) is 92.6 Å². The summed E-state index contributed by atoms with van der Waals surface area (Å²) >= 11 is 0. The zero-order chi connectivity index (χ0) is 26.2. The Morgan fingerprint density at radius 3 is 2.49 bits per heavy atom. The van der Waals surface area contributed by atoms with Crippen LogP contribution in [0.3, 0.4) is 0 Å². The van der Waals surface area contributed by atoms with Gasteiger partial charge in [0.05, 0.1) is 17.5 Å². The molecule has 2 heterocycles. The summed E-state index contributed by atoms with van der Waals surface area (Å²) in [6, 6.07) is 3.35. The number of aliphatic hydroxyl groups is 2. The van der Waals surface area contributed by atoms with Crippen LogP contribution in [-0.4, -0.2) is 57.6 Å². The fourth-order valence-electron chi connectivity index (χ4n) is 9.55. The monoisotopic (exact) mass is 514 g/mol. The van der Waals surface area contributed by atoms with E-state index in [4.69, 9.17) is 14.9 Å². The summed E-state index contributed by atoms with van der Waals surface area (Å²) in [5, 5.41) is 24.5. The Morgan fingerprint density at radius 2 is 1.78 bits per heavy atom. The first kappa shape index (κ1) is 25.4. The van der Waals surface area contributed by atoms with E-state index in [0.717, 1.165) is 56.9 Å². The second-order valence-electron chi connectivity index (χ2n) is 13.3. The molecule has 5 fully saturated rings. The van der Waals surface area contributed by atoms with Crippen molar-refractivity contribution in [1.82, 2.24) is 4.90 Å². The lowest BCUT2D eigenvalue weighted by Crippen LogP contribution is -2.67. The lowest BCUT2D eigenvalue weighted by molar-refractivity contribution is -0.253. The standard InChI is InChI=1S/C29H42N2O6/c1-26-10-5-20(37-25(33)31-14-9-19(30)16-31)15-28(26,34)12-7-23-22(26)6-11-27(2)21(8-13-29(23,27)35)18-3-4-24(32)36-17-18/h3-4,17,19-23,34-35H,5-16,30H2,1-2H3/t19-,20+,21-,22+,23-,26-,27-,28+,29+/m1/s1. The molecule has 9 atom stereocenters. The summed E-state index contributed by atoms with van der Waals surface area (Å²) in [5.41, 5.74) is 4.24. The summed E-state index contributed by atoms with van der Waals surface area (Å²) in [5.74, 6) is 0.470. The average Bonchev–Trinajstić information content (AvgIpc) is 3.41. The van der Waals surface area contributed by atoms with Crippen LogP contribution in [0.1, 0.15) is 89.5 Å². The molecule has 8 nitrogen and oxygen atoms in total. The number of hydrogen-bond donors (Lipinski definition) is 3. The topological polar surface area (TPSA) is 126 Å². The van der Waals surface area contributed by atoms with E-state index in [2.05, 4.69) is 13.8 Å². The van der Waals surface area contributed by atoms with Crippen molar-refractivity contribution in [3.63, 3.8) is 0 Å². The van der Waals surface area contributed by atoms with Crippen molar-refractivity contribution >= 4 is 6.09 Å². The minimum atomic E-state index is -0.913. The average molecular weight is 515 g/mol. The molecule has 0 radical (unpaired) electrons. The summed E-state index contributed by atoms with van der Waals surface area (Å²) in [4.78, 5) is 25.9. The van der Waals surface area contributed by atoms with Gasteiger partial charge in [0.1, 0.15) is 6.10 Å². The molecule has 204 valence electrons. The number of carbonyl (C=O) groups excluding carboxylic acids is 1. The smallest absolute Gasteiger partial charge is 0.410 e. The van der Waals surface area contributed by atoms with Crippen LogP contribution in [0.2, 0.25) is 0 Å². The Labute approximate surface area is 218 Å². The number of fused-ring (bicyclic) bond motifs is 5. The third-order valence-corrected chi connectivity index (χ3v) is 11.8. The highest BCUT2D eigenvalue weighted by Crippen LogP contribution is 2.71. The van der Waals surface area contributed by atoms with E-state index >= 15 is 0 Å². The SMILES string of the molecule is C[C@]12CC[C@H](OC(=O)N3CC[C@@H](N)C3)C[C@@]1(O)CC[C@@H]1[C@@H]2CC[C@]2(C)[C@@H](c3ccc(=O)oc3)CC[C@]12O. The maximum Gasteiger partial charge on any atom is 0.410 e. The molecular formula is C29H42N2O6. The second-order valence-corrected chi connectivity index (χ2v) is 13.3. The van der Waals surface area contributed by atoms with Gasteiger partial charge in [-0.25, -0.2) is 9.59 Å². The van der Waals surface area contributed by atoms with Crippen molar-refractivity contribution in [2.75, 3.05) is 13.1 Å². The Balaban J connectivity index is 1.20. The maximum atomic E-state index is 12.7. The van der Waals surface area contributed by atoms with Crippen LogP contribution in [0.15, 0.2) is 27.6 Å². The van der Waals surface area contributed by atoms with Crippen molar-refractivity contribution in [1.29, 1.82) is 0 Å². The lowest BCUT2D eigenvalue weighted by Gasteiger charge is -2.66. The molecule has 0 spiro atoms. The van der Waals surface area contributed by atoms with Gasteiger partial charge < -0.3 is 30.0 Å². The fraction of sp³-hybridized carbons (Fsp3) is 0.793. The molecule has 4 N–H and O–H groups in total. The minimum absolute atomic E-state index is 0.0140. The van der Waals surface area contributed by atoms with E-state index < -0.39 is 11.2 Å². The normalized spacial score (nSPS) is 47.2. The number of carbonyl (C=O) groups is 1. The number of likely N-dealkylation sites (tertiary alicyclic amines) is 1. The number of rotatable bonds is 2. The van der Waals surface area contributed by atoms with E-state index in [1.807, 2.05) is 6.07 Å². The molecular weight excluding hydrogens is 472 g/mol. The lowest BCUT2D eigenvalue weighted by atomic mass is 9.42. The molecule has 4 aliphatic carbocycles. The van der Waals surface area contributed by atoms with E-state index in [9.17, 15) is 19.8 Å². The molecule has 1 aromatic rings. The summed E-state index contributed by atoms with van der Waals surface area (Å²) < 4.78 is 11.1. The van der Waals surface area contributed by atoms with Gasteiger partial charge in [-0.1, -0.05) is 13.8 Å². The number of nitrogens with zero attached hydrogens (tertiary/aromatic N) is 1. The van der Waals surface area contributed by atoms with Crippen LogP contribution in [0, 0.1) is 22.7 Å². The quantitative estimate of drug-likeness (QED) is 0.551. The van der Waals surface area contributed by atoms with Gasteiger partial charge in [0, 0.05) is 37.0 Å². The molecule has 1 amide bonds. The highest BCUT2D eigenvalue weighted by atomic mass is 16.6. The number of ether oxygens (including phenoxy) is 1. The van der Waals surface area contributed by atoms with Crippen molar-refractivity contribution in [3.05, 3.63) is 34.4 Å². The van der Waals surface area contributed by atoms with Gasteiger partial charge in [0.25, 0.3) is 0 Å². The van der Waals surface area contributed by atoms with Crippen LogP contribution in [-0.2, 0) is 4.74 Å². The first-order chi connectivity index (χ1) is 17.5. The summed E-state index contributed by atoms with van der Waals surface area (Å²) in [6.07, 6.45) is 8.52. The van der Waals surface area contributed by atoms with Crippen LogP contribution < -0.4 is 11.4 Å².